The first-order chi connectivity index (χ1) is 9.54. The largest absolute Gasteiger partial charge is 0.356 e. The Balaban J connectivity index is 1.68. The molecule has 0 aromatic heterocycles. The highest BCUT2D eigenvalue weighted by atomic mass is 16.2. The summed E-state index contributed by atoms with van der Waals surface area (Å²) in [7, 11) is 0. The Bertz CT molecular complexity index is 357. The quantitative estimate of drug-likeness (QED) is 0.787. The molecule has 0 saturated carbocycles. The summed E-state index contributed by atoms with van der Waals surface area (Å²) in [5, 5.41) is 6.40. The second-order valence-electron chi connectivity index (χ2n) is 6.46. The van der Waals surface area contributed by atoms with E-state index in [0.717, 1.165) is 19.5 Å². The fraction of sp³-hybridized carbons (Fsp3) is 0.867. The molecular formula is C15H27N3O2. The lowest BCUT2D eigenvalue weighted by atomic mass is 10.1. The molecule has 2 rings (SSSR count). The van der Waals surface area contributed by atoms with Gasteiger partial charge in [-0.1, -0.05) is 13.8 Å². The van der Waals surface area contributed by atoms with Gasteiger partial charge in [-0.3, -0.25) is 9.59 Å². The Hall–Kier alpha value is -1.10. The van der Waals surface area contributed by atoms with Crippen molar-refractivity contribution in [2.24, 2.45) is 5.92 Å². The highest BCUT2D eigenvalue weighted by Crippen LogP contribution is 2.20. The average Bonchev–Trinajstić information content (AvgIpc) is 2.67. The zero-order valence-corrected chi connectivity index (χ0v) is 12.7. The number of rotatable bonds is 5. The molecule has 2 saturated heterocycles. The lowest BCUT2D eigenvalue weighted by Gasteiger charge is -2.24. The predicted octanol–water partition coefficient (Wildman–Crippen LogP) is 0.892. The maximum absolute atomic E-state index is 12.2. The summed E-state index contributed by atoms with van der Waals surface area (Å²) < 4.78 is 0. The maximum atomic E-state index is 12.2. The van der Waals surface area contributed by atoms with Gasteiger partial charge in [0, 0.05) is 44.6 Å². The molecule has 20 heavy (non-hydrogen) atoms. The van der Waals surface area contributed by atoms with Crippen LogP contribution in [-0.4, -0.2) is 48.4 Å². The van der Waals surface area contributed by atoms with E-state index in [2.05, 4.69) is 10.6 Å². The first-order valence-corrected chi connectivity index (χ1v) is 7.85. The number of nitrogens with one attached hydrogen (secondary N) is 2. The van der Waals surface area contributed by atoms with E-state index in [4.69, 9.17) is 0 Å². The summed E-state index contributed by atoms with van der Waals surface area (Å²) in [5.41, 5.74) is 0. The van der Waals surface area contributed by atoms with Crippen LogP contribution < -0.4 is 10.6 Å². The fourth-order valence-corrected chi connectivity index (χ4v) is 3.08. The highest BCUT2D eigenvalue weighted by Gasteiger charge is 2.30. The molecule has 5 nitrogen and oxygen atoms in total. The number of hydrogen-bond acceptors (Lipinski definition) is 3. The van der Waals surface area contributed by atoms with E-state index in [9.17, 15) is 9.59 Å². The van der Waals surface area contributed by atoms with Gasteiger partial charge in [-0.15, -0.1) is 0 Å². The van der Waals surface area contributed by atoms with Crippen molar-refractivity contribution in [1.29, 1.82) is 0 Å². The lowest BCUT2D eigenvalue weighted by Crippen LogP contribution is -2.40. The van der Waals surface area contributed by atoms with Gasteiger partial charge < -0.3 is 15.5 Å². The van der Waals surface area contributed by atoms with Crippen molar-refractivity contribution in [3.63, 3.8) is 0 Å². The van der Waals surface area contributed by atoms with E-state index in [1.165, 1.54) is 12.8 Å². The molecule has 0 spiro atoms. The highest BCUT2D eigenvalue weighted by molar-refractivity contribution is 5.79. The Morgan fingerprint density at radius 3 is 2.75 bits per heavy atom. The van der Waals surface area contributed by atoms with Crippen LogP contribution in [0.4, 0.5) is 0 Å². The Kier molecular flexibility index (Phi) is 5.40. The number of carbonyl (C=O) groups is 2. The van der Waals surface area contributed by atoms with Crippen molar-refractivity contribution in [1.82, 2.24) is 15.5 Å². The van der Waals surface area contributed by atoms with Crippen molar-refractivity contribution in [3.8, 4) is 0 Å². The van der Waals surface area contributed by atoms with Gasteiger partial charge in [0.05, 0.1) is 0 Å². The van der Waals surface area contributed by atoms with Crippen LogP contribution in [0.3, 0.4) is 0 Å². The van der Waals surface area contributed by atoms with Gasteiger partial charge in [-0.2, -0.15) is 0 Å². The summed E-state index contributed by atoms with van der Waals surface area (Å²) in [5.74, 6) is 0.575. The molecule has 2 unspecified atom stereocenters. The van der Waals surface area contributed by atoms with Gasteiger partial charge in [0.25, 0.3) is 0 Å². The van der Waals surface area contributed by atoms with Crippen molar-refractivity contribution in [3.05, 3.63) is 0 Å². The van der Waals surface area contributed by atoms with Crippen LogP contribution in [0.1, 0.15) is 46.0 Å². The van der Waals surface area contributed by atoms with Crippen LogP contribution in [0.5, 0.6) is 0 Å². The van der Waals surface area contributed by atoms with E-state index < -0.39 is 0 Å². The lowest BCUT2D eigenvalue weighted by molar-refractivity contribution is -0.131. The van der Waals surface area contributed by atoms with E-state index in [-0.39, 0.29) is 11.8 Å². The Morgan fingerprint density at radius 1 is 1.25 bits per heavy atom. The van der Waals surface area contributed by atoms with Crippen molar-refractivity contribution in [2.75, 3.05) is 19.6 Å². The standard InChI is InChI=1S/C15H27N3O2/c1-11(2)9-14(19)16-7-5-15(20)18-8-6-12-3-4-13(10-18)17-12/h11-13,17H,3-10H2,1-2H3,(H,16,19). The molecule has 2 heterocycles. The van der Waals surface area contributed by atoms with Crippen LogP contribution in [0.25, 0.3) is 0 Å². The third kappa shape index (κ3) is 4.47. The molecule has 0 radical (unpaired) electrons. The number of nitrogens with zero attached hydrogens (tertiary/aromatic N) is 1. The van der Waals surface area contributed by atoms with Crippen LogP contribution in [0, 0.1) is 5.92 Å². The molecule has 2 N–H and O–H groups in total. The molecule has 2 aliphatic rings. The number of fused-ring (bicyclic) bond motifs is 2. The molecule has 0 aliphatic carbocycles. The second-order valence-corrected chi connectivity index (χ2v) is 6.46. The maximum Gasteiger partial charge on any atom is 0.224 e. The van der Waals surface area contributed by atoms with Crippen LogP contribution in [0.15, 0.2) is 0 Å². The summed E-state index contributed by atoms with van der Waals surface area (Å²) in [6.45, 7) is 6.18. The summed E-state index contributed by atoms with van der Waals surface area (Å²) in [4.78, 5) is 25.7. The molecule has 2 atom stereocenters. The Morgan fingerprint density at radius 2 is 2.00 bits per heavy atom. The second kappa shape index (κ2) is 7.07. The normalized spacial score (nSPS) is 25.6. The number of amides is 2. The van der Waals surface area contributed by atoms with E-state index in [0.29, 0.717) is 37.4 Å². The zero-order chi connectivity index (χ0) is 14.5. The summed E-state index contributed by atoms with van der Waals surface area (Å²) in [6.07, 6.45) is 4.44. The van der Waals surface area contributed by atoms with Crippen LogP contribution in [-0.2, 0) is 9.59 Å². The van der Waals surface area contributed by atoms with Gasteiger partial charge in [0.15, 0.2) is 0 Å². The molecule has 2 bridgehead atoms. The number of carbonyl (C=O) groups excluding carboxylic acids is 2. The molecule has 0 aromatic carbocycles. The van der Waals surface area contributed by atoms with Gasteiger partial charge in [0.1, 0.15) is 0 Å². The third-order valence-corrected chi connectivity index (χ3v) is 4.13. The zero-order valence-electron chi connectivity index (χ0n) is 12.7. The topological polar surface area (TPSA) is 61.4 Å². The van der Waals surface area contributed by atoms with E-state index in [1.54, 1.807) is 0 Å². The monoisotopic (exact) mass is 281 g/mol. The molecule has 114 valence electrons. The first kappa shape index (κ1) is 15.3. The van der Waals surface area contributed by atoms with Gasteiger partial charge in [0.2, 0.25) is 11.8 Å². The molecule has 2 amide bonds. The minimum absolute atomic E-state index is 0.0457. The third-order valence-electron chi connectivity index (χ3n) is 4.13. The van der Waals surface area contributed by atoms with Crippen molar-refractivity contribution >= 4 is 11.8 Å². The average molecular weight is 281 g/mol. The minimum Gasteiger partial charge on any atom is -0.356 e. The number of hydrogen-bond donors (Lipinski definition) is 2. The van der Waals surface area contributed by atoms with Gasteiger partial charge in [-0.05, 0) is 25.2 Å². The van der Waals surface area contributed by atoms with Crippen molar-refractivity contribution in [2.45, 2.75) is 58.0 Å². The summed E-state index contributed by atoms with van der Waals surface area (Å²) >= 11 is 0. The fourth-order valence-electron chi connectivity index (χ4n) is 3.08. The Labute approximate surface area is 121 Å². The minimum atomic E-state index is 0.0457. The molecular weight excluding hydrogens is 254 g/mol. The summed E-state index contributed by atoms with van der Waals surface area (Å²) in [6, 6.07) is 1.07. The van der Waals surface area contributed by atoms with Gasteiger partial charge in [-0.25, -0.2) is 0 Å². The smallest absolute Gasteiger partial charge is 0.224 e. The van der Waals surface area contributed by atoms with Crippen LogP contribution in [0.2, 0.25) is 0 Å². The van der Waals surface area contributed by atoms with E-state index in [1.807, 2.05) is 18.7 Å². The van der Waals surface area contributed by atoms with E-state index >= 15 is 0 Å². The molecule has 2 aliphatic heterocycles. The number of likely N-dealkylation sites (tertiary alicyclic amines) is 1. The van der Waals surface area contributed by atoms with Crippen molar-refractivity contribution < 1.29 is 9.59 Å². The van der Waals surface area contributed by atoms with Crippen LogP contribution >= 0.6 is 0 Å². The molecule has 5 heteroatoms. The predicted molar refractivity (Wildman–Crippen MR) is 78.2 cm³/mol. The van der Waals surface area contributed by atoms with Gasteiger partial charge >= 0.3 is 0 Å². The molecule has 2 fully saturated rings. The SMILES string of the molecule is CC(C)CC(=O)NCCC(=O)N1CCC2CCC(C1)N2. The molecule has 0 aromatic rings. The first-order valence-electron chi connectivity index (χ1n) is 7.85.